The van der Waals surface area contributed by atoms with Gasteiger partial charge >= 0.3 is 0 Å². The maximum atomic E-state index is 5.69. The minimum atomic E-state index is 0.776. The maximum absolute atomic E-state index is 5.69. The third kappa shape index (κ3) is 2.63. The monoisotopic (exact) mass is 214 g/mol. The molecule has 1 heteroatoms. The molecule has 0 N–H and O–H groups in total. The highest BCUT2D eigenvalue weighted by atomic mass is 16.3. The first-order valence-corrected chi connectivity index (χ1v) is 5.34. The predicted octanol–water partition coefficient (Wildman–Crippen LogP) is 1.20. The fourth-order valence-electron chi connectivity index (χ4n) is 1.26. The van der Waals surface area contributed by atoms with Crippen molar-refractivity contribution >= 4 is 25.3 Å². The molecule has 1 rings (SSSR count). The van der Waals surface area contributed by atoms with Gasteiger partial charge in [-0.1, -0.05) is 37.0 Å². The SMILES string of the molecule is C=c1c(=C)/c(=C\C(C)=C/C)o/c1=C/C=C\C. The number of furan rings is 1. The summed E-state index contributed by atoms with van der Waals surface area (Å²) in [6.45, 7) is 13.9. The Kier molecular flexibility index (Phi) is 4.12. The topological polar surface area (TPSA) is 13.1 Å². The van der Waals surface area contributed by atoms with Gasteiger partial charge in [0.15, 0.2) is 0 Å². The van der Waals surface area contributed by atoms with Crippen LogP contribution in [0.5, 0.6) is 0 Å². The fraction of sp³-hybridized carbons (Fsp3) is 0.200. The van der Waals surface area contributed by atoms with Crippen LogP contribution in [0.15, 0.2) is 28.2 Å². The molecule has 84 valence electrons. The Morgan fingerprint density at radius 3 is 2.31 bits per heavy atom. The summed E-state index contributed by atoms with van der Waals surface area (Å²) >= 11 is 0. The molecule has 0 unspecified atom stereocenters. The highest BCUT2D eigenvalue weighted by Crippen LogP contribution is 1.90. The number of allylic oxidation sites excluding steroid dienone is 4. The van der Waals surface area contributed by atoms with E-state index in [1.807, 2.05) is 51.2 Å². The van der Waals surface area contributed by atoms with Gasteiger partial charge in [-0.2, -0.15) is 0 Å². The van der Waals surface area contributed by atoms with Gasteiger partial charge in [0.25, 0.3) is 0 Å². The highest BCUT2D eigenvalue weighted by Gasteiger charge is 1.93. The molecule has 1 heterocycles. The van der Waals surface area contributed by atoms with E-state index in [1.54, 1.807) is 0 Å². The Labute approximate surface area is 96.1 Å². The van der Waals surface area contributed by atoms with E-state index in [0.717, 1.165) is 26.8 Å². The summed E-state index contributed by atoms with van der Waals surface area (Å²) in [5, 5.41) is 1.71. The average molecular weight is 214 g/mol. The van der Waals surface area contributed by atoms with Crippen LogP contribution in [-0.2, 0) is 0 Å². The molecular formula is C15H18O. The van der Waals surface area contributed by atoms with Crippen LogP contribution in [0, 0.1) is 0 Å². The van der Waals surface area contributed by atoms with Crippen LogP contribution in [0.1, 0.15) is 20.8 Å². The van der Waals surface area contributed by atoms with Crippen LogP contribution in [-0.4, -0.2) is 0 Å². The lowest BCUT2D eigenvalue weighted by Crippen LogP contribution is -2.34. The first-order valence-electron chi connectivity index (χ1n) is 5.34. The second-order valence-corrected chi connectivity index (χ2v) is 3.66. The molecule has 0 saturated heterocycles. The fourth-order valence-corrected chi connectivity index (χ4v) is 1.26. The van der Waals surface area contributed by atoms with Crippen LogP contribution < -0.4 is 21.3 Å². The van der Waals surface area contributed by atoms with Gasteiger partial charge < -0.3 is 4.42 Å². The molecule has 0 aliphatic carbocycles. The van der Waals surface area contributed by atoms with Crippen molar-refractivity contribution in [1.29, 1.82) is 0 Å². The number of rotatable bonds is 2. The van der Waals surface area contributed by atoms with Gasteiger partial charge in [-0.15, -0.1) is 0 Å². The van der Waals surface area contributed by atoms with Gasteiger partial charge in [-0.25, -0.2) is 0 Å². The zero-order valence-corrected chi connectivity index (χ0v) is 10.2. The second-order valence-electron chi connectivity index (χ2n) is 3.66. The van der Waals surface area contributed by atoms with E-state index in [-0.39, 0.29) is 0 Å². The Morgan fingerprint density at radius 1 is 1.12 bits per heavy atom. The Morgan fingerprint density at radius 2 is 1.75 bits per heavy atom. The van der Waals surface area contributed by atoms with Crippen molar-refractivity contribution in [3.8, 4) is 0 Å². The lowest BCUT2D eigenvalue weighted by atomic mass is 10.2. The molecular weight excluding hydrogens is 196 g/mol. The highest BCUT2D eigenvalue weighted by molar-refractivity contribution is 5.44. The predicted molar refractivity (Wildman–Crippen MR) is 71.4 cm³/mol. The molecule has 1 nitrogen and oxygen atoms in total. The third-order valence-electron chi connectivity index (χ3n) is 2.43. The Bertz CT molecular complexity index is 624. The summed E-state index contributed by atoms with van der Waals surface area (Å²) in [6.07, 6.45) is 9.79. The van der Waals surface area contributed by atoms with Crippen molar-refractivity contribution < 1.29 is 4.42 Å². The number of hydrogen-bond acceptors (Lipinski definition) is 1. The number of hydrogen-bond donors (Lipinski definition) is 0. The molecule has 0 fully saturated rings. The Balaban J connectivity index is 3.55. The van der Waals surface area contributed by atoms with Crippen molar-refractivity contribution in [2.75, 3.05) is 0 Å². The first kappa shape index (κ1) is 12.3. The van der Waals surface area contributed by atoms with E-state index in [9.17, 15) is 0 Å². The molecule has 0 spiro atoms. The van der Waals surface area contributed by atoms with Crippen molar-refractivity contribution in [3.05, 3.63) is 45.1 Å². The van der Waals surface area contributed by atoms with Crippen molar-refractivity contribution in [3.63, 3.8) is 0 Å². The lowest BCUT2D eigenvalue weighted by Gasteiger charge is -1.84. The summed E-state index contributed by atoms with van der Waals surface area (Å²) in [5.74, 6) is 0. The van der Waals surface area contributed by atoms with E-state index >= 15 is 0 Å². The van der Waals surface area contributed by atoms with E-state index in [1.165, 1.54) is 0 Å². The van der Waals surface area contributed by atoms with Gasteiger partial charge in [0.2, 0.25) is 0 Å². The van der Waals surface area contributed by atoms with Gasteiger partial charge in [-0.05, 0) is 32.9 Å². The van der Waals surface area contributed by atoms with Gasteiger partial charge in [0, 0.05) is 10.4 Å². The minimum absolute atomic E-state index is 0.776. The summed E-state index contributed by atoms with van der Waals surface area (Å²) in [6, 6.07) is 0. The van der Waals surface area contributed by atoms with E-state index < -0.39 is 0 Å². The average Bonchev–Trinajstić information content (AvgIpc) is 2.54. The third-order valence-corrected chi connectivity index (χ3v) is 2.43. The lowest BCUT2D eigenvalue weighted by molar-refractivity contribution is 0.498. The molecule has 0 radical (unpaired) electrons. The van der Waals surface area contributed by atoms with E-state index in [4.69, 9.17) is 4.42 Å². The van der Waals surface area contributed by atoms with Gasteiger partial charge in [-0.3, -0.25) is 0 Å². The molecule has 0 atom stereocenters. The van der Waals surface area contributed by atoms with Gasteiger partial charge in [0.1, 0.15) is 10.8 Å². The molecule has 0 saturated carbocycles. The van der Waals surface area contributed by atoms with Crippen molar-refractivity contribution in [1.82, 2.24) is 0 Å². The normalized spacial score (nSPS) is 15.3. The van der Waals surface area contributed by atoms with Crippen LogP contribution in [0.3, 0.4) is 0 Å². The molecule has 0 aliphatic heterocycles. The van der Waals surface area contributed by atoms with Crippen LogP contribution in [0.2, 0.25) is 0 Å². The van der Waals surface area contributed by atoms with Crippen LogP contribution in [0.25, 0.3) is 25.3 Å². The summed E-state index contributed by atoms with van der Waals surface area (Å²) < 4.78 is 5.69. The zero-order chi connectivity index (χ0) is 12.1. The maximum Gasteiger partial charge on any atom is 0.135 e. The molecule has 1 aromatic rings. The first-order chi connectivity index (χ1) is 7.60. The molecule has 0 amide bonds. The standard InChI is InChI=1S/C15H18O/c1-6-8-9-14-12(4)13(5)15(16-14)10-11(3)7-2/h6-10H,4-5H2,1-3H3/b8-6-,11-7-,14-9+,15-10+. The summed E-state index contributed by atoms with van der Waals surface area (Å²) in [7, 11) is 0. The van der Waals surface area contributed by atoms with Crippen LogP contribution >= 0.6 is 0 Å². The Hall–Kier alpha value is -1.76. The minimum Gasteiger partial charge on any atom is -0.456 e. The summed E-state index contributed by atoms with van der Waals surface area (Å²) in [4.78, 5) is 0. The molecule has 1 aromatic heterocycles. The van der Waals surface area contributed by atoms with E-state index in [0.29, 0.717) is 0 Å². The molecule has 0 bridgehead atoms. The largest absolute Gasteiger partial charge is 0.456 e. The quantitative estimate of drug-likeness (QED) is 0.721. The molecule has 0 aliphatic rings. The van der Waals surface area contributed by atoms with Crippen molar-refractivity contribution in [2.45, 2.75) is 20.8 Å². The summed E-state index contributed by atoms with van der Waals surface area (Å²) in [5.41, 5.74) is 2.71. The van der Waals surface area contributed by atoms with Crippen molar-refractivity contribution in [2.24, 2.45) is 0 Å². The van der Waals surface area contributed by atoms with E-state index in [2.05, 4.69) is 13.2 Å². The second kappa shape index (κ2) is 5.36. The molecule has 16 heavy (non-hydrogen) atoms. The van der Waals surface area contributed by atoms with Gasteiger partial charge in [0.05, 0.1) is 0 Å². The smallest absolute Gasteiger partial charge is 0.135 e. The zero-order valence-electron chi connectivity index (χ0n) is 10.2. The molecule has 0 aromatic carbocycles. The van der Waals surface area contributed by atoms with Crippen LogP contribution in [0.4, 0.5) is 0 Å².